The number of phenolic OH excluding ortho intramolecular Hbond substituents is 1. The van der Waals surface area contributed by atoms with E-state index in [4.69, 9.17) is 4.74 Å². The minimum Gasteiger partial charge on any atom is -0.504 e. The molecule has 14 heavy (non-hydrogen) atoms. The molecule has 0 saturated carbocycles. The maximum Gasteiger partial charge on any atom is 0.207 e. The van der Waals surface area contributed by atoms with Crippen molar-refractivity contribution in [3.63, 3.8) is 0 Å². The Morgan fingerprint density at radius 1 is 1.57 bits per heavy atom. The summed E-state index contributed by atoms with van der Waals surface area (Å²) in [4.78, 5) is 9.74. The molecule has 0 aliphatic rings. The molecule has 0 aromatic heterocycles. The van der Waals surface area contributed by atoms with E-state index in [0.717, 1.165) is 5.56 Å². The summed E-state index contributed by atoms with van der Waals surface area (Å²) in [5.41, 5.74) is 0.774. The Morgan fingerprint density at radius 3 is 2.86 bits per heavy atom. The minimum atomic E-state index is -0.376. The van der Waals surface area contributed by atoms with Gasteiger partial charge in [0.15, 0.2) is 11.5 Å². The van der Waals surface area contributed by atoms with Gasteiger partial charge in [-0.05, 0) is 17.7 Å². The number of ether oxygens (including phenoxy) is 1. The Morgan fingerprint density at radius 2 is 2.29 bits per heavy atom. The van der Waals surface area contributed by atoms with E-state index in [1.807, 2.05) is 0 Å². The van der Waals surface area contributed by atoms with Crippen molar-refractivity contribution in [2.24, 2.45) is 0 Å². The van der Waals surface area contributed by atoms with Crippen molar-refractivity contribution in [1.82, 2.24) is 0 Å². The number of hydrogen-bond acceptors (Lipinski definition) is 4. The maximum atomic E-state index is 10.1. The number of nitro groups is 1. The molecule has 0 fully saturated rings. The molecule has 0 aliphatic heterocycles. The Labute approximate surface area is 81.1 Å². The largest absolute Gasteiger partial charge is 0.504 e. The molecule has 1 rings (SSSR count). The van der Waals surface area contributed by atoms with Gasteiger partial charge in [0.2, 0.25) is 6.54 Å². The van der Waals surface area contributed by atoms with Gasteiger partial charge in [-0.2, -0.15) is 0 Å². The van der Waals surface area contributed by atoms with Crippen molar-refractivity contribution >= 4 is 0 Å². The lowest BCUT2D eigenvalue weighted by atomic mass is 10.1. The Bertz CT molecular complexity index is 338. The second-order valence-electron chi connectivity index (χ2n) is 2.81. The van der Waals surface area contributed by atoms with Crippen LogP contribution in [0.25, 0.3) is 0 Å². The molecule has 0 unspecified atom stereocenters. The first-order valence-electron chi connectivity index (χ1n) is 4.11. The minimum absolute atomic E-state index is 0.0392. The van der Waals surface area contributed by atoms with E-state index < -0.39 is 0 Å². The molecule has 1 aromatic rings. The summed E-state index contributed by atoms with van der Waals surface area (Å²) in [6.07, 6.45) is 0.337. The van der Waals surface area contributed by atoms with Crippen LogP contribution in [-0.2, 0) is 6.42 Å². The molecular weight excluding hydrogens is 186 g/mol. The summed E-state index contributed by atoms with van der Waals surface area (Å²) in [6.45, 7) is -0.117. The standard InChI is InChI=1S/C9H11NO4/c1-14-9-6-7(2-3-8(9)11)4-5-10(12)13/h2-3,6,11H,4-5H2,1H3. The molecule has 76 valence electrons. The lowest BCUT2D eigenvalue weighted by Crippen LogP contribution is -2.03. The van der Waals surface area contributed by atoms with E-state index in [1.165, 1.54) is 13.2 Å². The van der Waals surface area contributed by atoms with Crippen molar-refractivity contribution in [1.29, 1.82) is 0 Å². The van der Waals surface area contributed by atoms with Crippen LogP contribution in [0, 0.1) is 10.1 Å². The normalized spacial score (nSPS) is 9.79. The zero-order chi connectivity index (χ0) is 10.6. The molecule has 5 heteroatoms. The van der Waals surface area contributed by atoms with Gasteiger partial charge in [0.1, 0.15) is 0 Å². The van der Waals surface area contributed by atoms with Crippen LogP contribution in [0.2, 0.25) is 0 Å². The van der Waals surface area contributed by atoms with Crippen molar-refractivity contribution in [2.45, 2.75) is 6.42 Å². The summed E-state index contributed by atoms with van der Waals surface area (Å²) in [7, 11) is 1.44. The monoisotopic (exact) mass is 197 g/mol. The van der Waals surface area contributed by atoms with E-state index in [1.54, 1.807) is 12.1 Å². The topological polar surface area (TPSA) is 72.6 Å². The quantitative estimate of drug-likeness (QED) is 0.581. The molecule has 0 amide bonds. The molecular formula is C9H11NO4. The van der Waals surface area contributed by atoms with Gasteiger partial charge in [0.05, 0.1) is 7.11 Å². The summed E-state index contributed by atoms with van der Waals surface area (Å²) in [5, 5.41) is 19.4. The van der Waals surface area contributed by atoms with Gasteiger partial charge in [-0.25, -0.2) is 0 Å². The first kappa shape index (κ1) is 10.3. The van der Waals surface area contributed by atoms with Gasteiger partial charge in [-0.15, -0.1) is 0 Å². The fourth-order valence-corrected chi connectivity index (χ4v) is 1.10. The van der Waals surface area contributed by atoms with E-state index in [2.05, 4.69) is 0 Å². The van der Waals surface area contributed by atoms with Crippen LogP contribution in [0.3, 0.4) is 0 Å². The van der Waals surface area contributed by atoms with Crippen molar-refractivity contribution in [3.8, 4) is 11.5 Å². The van der Waals surface area contributed by atoms with Gasteiger partial charge in [-0.3, -0.25) is 10.1 Å². The van der Waals surface area contributed by atoms with Crippen molar-refractivity contribution in [3.05, 3.63) is 33.9 Å². The average molecular weight is 197 g/mol. The zero-order valence-electron chi connectivity index (χ0n) is 7.77. The lowest BCUT2D eigenvalue weighted by molar-refractivity contribution is -0.479. The highest BCUT2D eigenvalue weighted by Gasteiger charge is 2.04. The fourth-order valence-electron chi connectivity index (χ4n) is 1.10. The van der Waals surface area contributed by atoms with E-state index in [-0.39, 0.29) is 17.2 Å². The van der Waals surface area contributed by atoms with Crippen LogP contribution in [-0.4, -0.2) is 23.7 Å². The fraction of sp³-hybridized carbons (Fsp3) is 0.333. The molecule has 0 saturated heterocycles. The third-order valence-electron chi connectivity index (χ3n) is 1.83. The van der Waals surface area contributed by atoms with Crippen LogP contribution in [0.5, 0.6) is 11.5 Å². The van der Waals surface area contributed by atoms with Crippen LogP contribution in [0.15, 0.2) is 18.2 Å². The second-order valence-corrected chi connectivity index (χ2v) is 2.81. The Balaban J connectivity index is 2.74. The van der Waals surface area contributed by atoms with Crippen LogP contribution < -0.4 is 4.74 Å². The zero-order valence-corrected chi connectivity index (χ0v) is 7.77. The van der Waals surface area contributed by atoms with Crippen LogP contribution in [0.4, 0.5) is 0 Å². The molecule has 0 radical (unpaired) electrons. The third-order valence-corrected chi connectivity index (χ3v) is 1.83. The number of rotatable bonds is 4. The van der Waals surface area contributed by atoms with E-state index in [9.17, 15) is 15.2 Å². The Kier molecular flexibility index (Phi) is 3.28. The highest BCUT2D eigenvalue weighted by Crippen LogP contribution is 2.26. The number of nitrogens with zero attached hydrogens (tertiary/aromatic N) is 1. The van der Waals surface area contributed by atoms with Crippen molar-refractivity contribution in [2.75, 3.05) is 13.7 Å². The first-order chi connectivity index (χ1) is 6.63. The van der Waals surface area contributed by atoms with E-state index in [0.29, 0.717) is 12.2 Å². The molecule has 0 aliphatic carbocycles. The maximum absolute atomic E-state index is 10.1. The molecule has 0 bridgehead atoms. The highest BCUT2D eigenvalue weighted by atomic mass is 16.6. The summed E-state index contributed by atoms with van der Waals surface area (Å²) in [6, 6.07) is 4.70. The smallest absolute Gasteiger partial charge is 0.207 e. The Hall–Kier alpha value is -1.78. The molecule has 5 nitrogen and oxygen atoms in total. The first-order valence-corrected chi connectivity index (χ1v) is 4.11. The number of phenols is 1. The van der Waals surface area contributed by atoms with Gasteiger partial charge < -0.3 is 9.84 Å². The predicted molar refractivity (Wildman–Crippen MR) is 50.2 cm³/mol. The van der Waals surface area contributed by atoms with Gasteiger partial charge in [0.25, 0.3) is 0 Å². The number of benzene rings is 1. The summed E-state index contributed by atoms with van der Waals surface area (Å²) < 4.78 is 4.87. The summed E-state index contributed by atoms with van der Waals surface area (Å²) >= 11 is 0. The molecule has 0 heterocycles. The molecule has 1 aromatic carbocycles. The van der Waals surface area contributed by atoms with Gasteiger partial charge in [0, 0.05) is 11.3 Å². The number of hydrogen-bond donors (Lipinski definition) is 1. The molecule has 0 atom stereocenters. The third kappa shape index (κ3) is 2.62. The SMILES string of the molecule is COc1cc(CC[N+](=O)[O-])ccc1O. The van der Waals surface area contributed by atoms with Gasteiger partial charge >= 0.3 is 0 Å². The molecule has 1 N–H and O–H groups in total. The highest BCUT2D eigenvalue weighted by molar-refractivity contribution is 5.41. The van der Waals surface area contributed by atoms with E-state index >= 15 is 0 Å². The predicted octanol–water partition coefficient (Wildman–Crippen LogP) is 1.22. The lowest BCUT2D eigenvalue weighted by Gasteiger charge is -2.04. The number of aromatic hydroxyl groups is 1. The van der Waals surface area contributed by atoms with Gasteiger partial charge in [-0.1, -0.05) is 6.07 Å². The molecule has 0 spiro atoms. The van der Waals surface area contributed by atoms with Crippen LogP contribution in [0.1, 0.15) is 5.56 Å². The average Bonchev–Trinajstić information content (AvgIpc) is 2.16. The number of methoxy groups -OCH3 is 1. The van der Waals surface area contributed by atoms with Crippen LogP contribution >= 0.6 is 0 Å². The van der Waals surface area contributed by atoms with Crippen molar-refractivity contribution < 1.29 is 14.8 Å². The second kappa shape index (κ2) is 4.45. The summed E-state index contributed by atoms with van der Waals surface area (Å²) in [5.74, 6) is 0.378.